The Kier molecular flexibility index (Phi) is 4.43. The van der Waals surface area contributed by atoms with Crippen LogP contribution < -0.4 is 0 Å². The highest BCUT2D eigenvalue weighted by Gasteiger charge is 2.09. The van der Waals surface area contributed by atoms with E-state index < -0.39 is 0 Å². The van der Waals surface area contributed by atoms with Gasteiger partial charge in [-0.05, 0) is 64.7 Å². The molecule has 3 heteroatoms. The summed E-state index contributed by atoms with van der Waals surface area (Å²) in [6.07, 6.45) is 0.412. The Morgan fingerprint density at radius 3 is 2.47 bits per heavy atom. The van der Waals surface area contributed by atoms with Gasteiger partial charge in [-0.2, -0.15) is 0 Å². The van der Waals surface area contributed by atoms with Gasteiger partial charge in [0.2, 0.25) is 0 Å². The van der Waals surface area contributed by atoms with E-state index in [0.29, 0.717) is 17.0 Å². The molecular weight excluding hydrogens is 324 g/mol. The van der Waals surface area contributed by atoms with E-state index in [1.165, 1.54) is 11.1 Å². The minimum atomic E-state index is 0.0978. The number of Topliss-reactive ketones (excluding diaryl/α,β-unsaturated/α-hetero) is 1. The third-order valence-corrected chi connectivity index (χ3v) is 4.39. The molecule has 0 unspecified atom stereocenters. The van der Waals surface area contributed by atoms with Crippen molar-refractivity contribution in [3.05, 3.63) is 68.1 Å². The van der Waals surface area contributed by atoms with Gasteiger partial charge in [-0.15, -0.1) is 0 Å². The predicted molar refractivity (Wildman–Crippen MR) is 83.1 cm³/mol. The number of halogens is 2. The van der Waals surface area contributed by atoms with Crippen LogP contribution in [0.5, 0.6) is 0 Å². The van der Waals surface area contributed by atoms with E-state index in [-0.39, 0.29) is 5.78 Å². The fourth-order valence-corrected chi connectivity index (χ4v) is 2.37. The molecule has 1 nitrogen and oxygen atoms in total. The Labute approximate surface area is 126 Å². The van der Waals surface area contributed by atoms with Crippen molar-refractivity contribution in [3.8, 4) is 0 Å². The summed E-state index contributed by atoms with van der Waals surface area (Å²) >= 11 is 9.26. The summed E-state index contributed by atoms with van der Waals surface area (Å²) in [5.41, 5.74) is 4.17. The monoisotopic (exact) mass is 336 g/mol. The second-order valence-electron chi connectivity index (χ2n) is 4.65. The maximum atomic E-state index is 12.2. The molecule has 0 atom stereocenters. The Balaban J connectivity index is 2.20. The first kappa shape index (κ1) is 14.3. The van der Waals surface area contributed by atoms with Crippen LogP contribution in [0.4, 0.5) is 0 Å². The molecule has 2 rings (SSSR count). The molecule has 0 amide bonds. The highest BCUT2D eigenvalue weighted by atomic mass is 79.9. The Morgan fingerprint density at radius 2 is 1.84 bits per heavy atom. The van der Waals surface area contributed by atoms with E-state index in [9.17, 15) is 4.79 Å². The van der Waals surface area contributed by atoms with Crippen molar-refractivity contribution in [3.63, 3.8) is 0 Å². The maximum absolute atomic E-state index is 12.2. The van der Waals surface area contributed by atoms with Crippen LogP contribution >= 0.6 is 27.5 Å². The van der Waals surface area contributed by atoms with Gasteiger partial charge in [-0.25, -0.2) is 0 Å². The number of ketones is 1. The van der Waals surface area contributed by atoms with Crippen LogP contribution in [0.2, 0.25) is 5.02 Å². The molecule has 0 spiro atoms. The normalized spacial score (nSPS) is 10.5. The van der Waals surface area contributed by atoms with Crippen molar-refractivity contribution in [2.24, 2.45) is 0 Å². The molecule has 0 heterocycles. The molecular formula is C16H14BrClO. The highest BCUT2D eigenvalue weighted by Crippen LogP contribution is 2.24. The molecule has 98 valence electrons. The van der Waals surface area contributed by atoms with Gasteiger partial charge < -0.3 is 0 Å². The van der Waals surface area contributed by atoms with Crippen molar-refractivity contribution in [2.45, 2.75) is 20.3 Å². The molecule has 0 saturated heterocycles. The molecule has 2 aromatic rings. The first-order valence-electron chi connectivity index (χ1n) is 6.02. The Morgan fingerprint density at radius 1 is 1.11 bits per heavy atom. The zero-order chi connectivity index (χ0) is 14.0. The quantitative estimate of drug-likeness (QED) is 0.708. The summed E-state index contributed by atoms with van der Waals surface area (Å²) in [6.45, 7) is 4.12. The fourth-order valence-electron chi connectivity index (χ4n) is 1.87. The standard InChI is InChI=1S/C16H14BrClO/c1-10-3-4-12(7-11(10)2)8-16(19)13-5-6-15(18)14(17)9-13/h3-7,9H,8H2,1-2H3. The van der Waals surface area contributed by atoms with Crippen LogP contribution in [-0.2, 0) is 6.42 Å². The number of benzene rings is 2. The van der Waals surface area contributed by atoms with Crippen molar-refractivity contribution in [1.29, 1.82) is 0 Å². The van der Waals surface area contributed by atoms with Gasteiger partial charge in [0.25, 0.3) is 0 Å². The summed E-state index contributed by atoms with van der Waals surface area (Å²) < 4.78 is 0.750. The van der Waals surface area contributed by atoms with Crippen LogP contribution in [0, 0.1) is 13.8 Å². The summed E-state index contributed by atoms with van der Waals surface area (Å²) in [7, 11) is 0. The molecule has 0 aromatic heterocycles. The Bertz CT molecular complexity index is 635. The summed E-state index contributed by atoms with van der Waals surface area (Å²) in [5.74, 6) is 0.0978. The fraction of sp³-hybridized carbons (Fsp3) is 0.188. The van der Waals surface area contributed by atoms with Gasteiger partial charge in [0, 0.05) is 16.5 Å². The van der Waals surface area contributed by atoms with Crippen molar-refractivity contribution >= 4 is 33.3 Å². The lowest BCUT2D eigenvalue weighted by Gasteiger charge is -2.06. The molecule has 0 aliphatic heterocycles. The van der Waals surface area contributed by atoms with Gasteiger partial charge in [0.1, 0.15) is 0 Å². The zero-order valence-corrected chi connectivity index (χ0v) is 13.2. The summed E-state index contributed by atoms with van der Waals surface area (Å²) in [5, 5.41) is 0.614. The molecule has 0 aliphatic rings. The number of rotatable bonds is 3. The van der Waals surface area contributed by atoms with Crippen LogP contribution in [0.3, 0.4) is 0 Å². The summed E-state index contributed by atoms with van der Waals surface area (Å²) in [4.78, 5) is 12.2. The van der Waals surface area contributed by atoms with E-state index in [2.05, 4.69) is 41.9 Å². The smallest absolute Gasteiger partial charge is 0.167 e. The number of hydrogen-bond donors (Lipinski definition) is 0. The molecule has 0 bridgehead atoms. The van der Waals surface area contributed by atoms with Gasteiger partial charge in [-0.3, -0.25) is 4.79 Å². The van der Waals surface area contributed by atoms with Gasteiger partial charge in [-0.1, -0.05) is 29.8 Å². The Hall–Kier alpha value is -1.12. The van der Waals surface area contributed by atoms with E-state index in [0.717, 1.165) is 10.0 Å². The number of carbonyl (C=O) groups excluding carboxylic acids is 1. The van der Waals surface area contributed by atoms with Crippen LogP contribution in [-0.4, -0.2) is 5.78 Å². The van der Waals surface area contributed by atoms with E-state index in [1.54, 1.807) is 18.2 Å². The van der Waals surface area contributed by atoms with E-state index in [1.807, 2.05) is 6.07 Å². The first-order valence-corrected chi connectivity index (χ1v) is 7.19. The number of hydrogen-bond acceptors (Lipinski definition) is 1. The highest BCUT2D eigenvalue weighted by molar-refractivity contribution is 9.10. The van der Waals surface area contributed by atoms with Crippen LogP contribution in [0.1, 0.15) is 27.0 Å². The lowest BCUT2D eigenvalue weighted by molar-refractivity contribution is 0.0993. The minimum Gasteiger partial charge on any atom is -0.294 e. The molecule has 19 heavy (non-hydrogen) atoms. The molecule has 0 saturated carbocycles. The molecule has 0 fully saturated rings. The van der Waals surface area contributed by atoms with Gasteiger partial charge in [0.15, 0.2) is 5.78 Å². The van der Waals surface area contributed by atoms with Crippen LogP contribution in [0.15, 0.2) is 40.9 Å². The average Bonchev–Trinajstić information content (AvgIpc) is 2.37. The zero-order valence-electron chi connectivity index (χ0n) is 10.8. The lowest BCUT2D eigenvalue weighted by atomic mass is 10.00. The predicted octanol–water partition coefficient (Wildman–Crippen LogP) is 5.14. The summed E-state index contributed by atoms with van der Waals surface area (Å²) in [6, 6.07) is 11.4. The third-order valence-electron chi connectivity index (χ3n) is 3.18. The topological polar surface area (TPSA) is 17.1 Å². The number of carbonyl (C=O) groups is 1. The second-order valence-corrected chi connectivity index (χ2v) is 5.91. The van der Waals surface area contributed by atoms with Gasteiger partial charge in [0.05, 0.1) is 5.02 Å². The molecule has 0 radical (unpaired) electrons. The lowest BCUT2D eigenvalue weighted by Crippen LogP contribution is -2.04. The molecule has 2 aromatic carbocycles. The van der Waals surface area contributed by atoms with E-state index >= 15 is 0 Å². The van der Waals surface area contributed by atoms with E-state index in [4.69, 9.17) is 11.6 Å². The minimum absolute atomic E-state index is 0.0978. The SMILES string of the molecule is Cc1ccc(CC(=O)c2ccc(Cl)c(Br)c2)cc1C. The van der Waals surface area contributed by atoms with Gasteiger partial charge >= 0.3 is 0 Å². The van der Waals surface area contributed by atoms with Crippen molar-refractivity contribution < 1.29 is 4.79 Å². The molecule has 0 aliphatic carbocycles. The second kappa shape index (κ2) is 5.89. The van der Waals surface area contributed by atoms with Crippen molar-refractivity contribution in [2.75, 3.05) is 0 Å². The number of aryl methyl sites for hydroxylation is 2. The molecule has 0 N–H and O–H groups in total. The average molecular weight is 338 g/mol. The largest absolute Gasteiger partial charge is 0.294 e. The van der Waals surface area contributed by atoms with Crippen molar-refractivity contribution in [1.82, 2.24) is 0 Å². The van der Waals surface area contributed by atoms with Crippen LogP contribution in [0.25, 0.3) is 0 Å². The third kappa shape index (κ3) is 3.46. The maximum Gasteiger partial charge on any atom is 0.167 e. The first-order chi connectivity index (χ1) is 8.97.